The molecular weight excluding hydrogens is 596 g/mol. The van der Waals surface area contributed by atoms with Crippen molar-refractivity contribution in [2.75, 3.05) is 0 Å². The Morgan fingerprint density at radius 1 is 0.767 bits per heavy atom. The van der Waals surface area contributed by atoms with Crippen molar-refractivity contribution < 1.29 is 22.8 Å². The molecule has 0 amide bonds. The predicted octanol–water partition coefficient (Wildman–Crippen LogP) is 9.52. The van der Waals surface area contributed by atoms with E-state index in [4.69, 9.17) is 0 Å². The summed E-state index contributed by atoms with van der Waals surface area (Å²) < 4.78 is 3.27. The van der Waals surface area contributed by atoms with E-state index in [1.807, 2.05) is 0 Å². The van der Waals surface area contributed by atoms with Crippen LogP contribution in [0.4, 0.5) is 0 Å². The molecule has 217 valence electrons. The second-order valence-corrected chi connectivity index (χ2v) is 15.7. The number of allylic oxidation sites excluding steroid dienone is 8. The molecule has 0 N–H and O–H groups in total. The van der Waals surface area contributed by atoms with Gasteiger partial charge in [0.15, 0.2) is 0 Å². The van der Waals surface area contributed by atoms with Gasteiger partial charge < -0.3 is 0 Å². The quantitative estimate of drug-likeness (QED) is 0.207. The first kappa shape index (κ1) is 30.2. The number of aryl methyl sites for hydroxylation is 1. The van der Waals surface area contributed by atoms with Gasteiger partial charge in [0.25, 0.3) is 0 Å². The number of hydrogen-bond acceptors (Lipinski definition) is 0. The van der Waals surface area contributed by atoms with E-state index in [1.165, 1.54) is 59.2 Å². The summed E-state index contributed by atoms with van der Waals surface area (Å²) >= 11 is -1.29. The van der Waals surface area contributed by atoms with Gasteiger partial charge in [0.1, 0.15) is 0 Å². The first-order valence-corrected chi connectivity index (χ1v) is 18.9. The molecule has 3 aliphatic rings. The van der Waals surface area contributed by atoms with Crippen molar-refractivity contribution in [3.8, 4) is 0 Å². The van der Waals surface area contributed by atoms with E-state index >= 15 is 0 Å². The molecule has 0 aliphatic heterocycles. The van der Waals surface area contributed by atoms with Crippen LogP contribution in [0.3, 0.4) is 0 Å². The molecule has 3 aromatic rings. The summed E-state index contributed by atoms with van der Waals surface area (Å²) in [5.74, 6) is 0. The molecule has 0 radical (unpaired) electrons. The Balaban J connectivity index is 1.79. The van der Waals surface area contributed by atoms with Crippen molar-refractivity contribution in [3.05, 3.63) is 152 Å². The molecule has 3 aromatic carbocycles. The van der Waals surface area contributed by atoms with Crippen molar-refractivity contribution in [1.29, 1.82) is 0 Å². The maximum absolute atomic E-state index is 2.62. The zero-order chi connectivity index (χ0) is 30.0. The molecule has 1 unspecified atom stereocenters. The van der Waals surface area contributed by atoms with E-state index in [-0.39, 0.29) is 5.41 Å². The average Bonchev–Trinajstić information content (AvgIpc) is 3.65. The minimum atomic E-state index is -1.29. The second kappa shape index (κ2) is 13.0. The molecule has 0 nitrogen and oxygen atoms in total. The van der Waals surface area contributed by atoms with Gasteiger partial charge in [-0.25, -0.2) is 0 Å². The fourth-order valence-corrected chi connectivity index (χ4v) is 11.8. The van der Waals surface area contributed by atoms with Gasteiger partial charge in [-0.05, 0) is 0 Å². The molecular formula is C42H45Zr. The van der Waals surface area contributed by atoms with Crippen LogP contribution in [0.25, 0.3) is 8.85 Å². The summed E-state index contributed by atoms with van der Waals surface area (Å²) in [7, 11) is 0. The summed E-state index contributed by atoms with van der Waals surface area (Å²) in [5, 5.41) is 3.02. The minimum absolute atomic E-state index is 0.0629. The number of fused-ring (bicyclic) bond motifs is 2. The fourth-order valence-electron chi connectivity index (χ4n) is 7.85. The van der Waals surface area contributed by atoms with E-state index in [0.717, 1.165) is 12.8 Å². The second-order valence-electron chi connectivity index (χ2n) is 12.6. The van der Waals surface area contributed by atoms with Crippen LogP contribution in [0.5, 0.6) is 0 Å². The van der Waals surface area contributed by atoms with Gasteiger partial charge >= 0.3 is 272 Å². The first-order valence-electron chi connectivity index (χ1n) is 16.5. The molecule has 0 saturated carbocycles. The maximum atomic E-state index is 2.62. The summed E-state index contributed by atoms with van der Waals surface area (Å²) in [5.41, 5.74) is 14.0. The van der Waals surface area contributed by atoms with Gasteiger partial charge in [-0.3, -0.25) is 0 Å². The van der Waals surface area contributed by atoms with Gasteiger partial charge in [0, 0.05) is 0 Å². The Labute approximate surface area is 270 Å². The SMILES string of the molecule is CCCC1=C(CCC)C(C)(CCC)C(C2=CC=CC2)=C2[C]([Zr]=[C](c3ccccc3)c3ccccc3)=c3cc(C)ccc3=C12. The normalized spacial score (nSPS) is 19.0. The van der Waals surface area contributed by atoms with Crippen LogP contribution in [0.15, 0.2) is 125 Å². The van der Waals surface area contributed by atoms with Crippen LogP contribution in [0, 0.1) is 12.3 Å². The third-order valence-electron chi connectivity index (χ3n) is 9.56. The summed E-state index contributed by atoms with van der Waals surface area (Å²) in [6.07, 6.45) is 15.3. The van der Waals surface area contributed by atoms with Crippen LogP contribution in [0.1, 0.15) is 89.3 Å². The average molecular weight is 641 g/mol. The van der Waals surface area contributed by atoms with E-state index in [9.17, 15) is 0 Å². The van der Waals surface area contributed by atoms with Gasteiger partial charge in [0.05, 0.1) is 0 Å². The molecule has 1 heteroatoms. The van der Waals surface area contributed by atoms with Crippen LogP contribution in [0.2, 0.25) is 0 Å². The molecule has 6 rings (SSSR count). The van der Waals surface area contributed by atoms with Crippen molar-refractivity contribution in [2.45, 2.75) is 79.6 Å². The Kier molecular flexibility index (Phi) is 9.11. The Morgan fingerprint density at radius 2 is 1.44 bits per heavy atom. The van der Waals surface area contributed by atoms with Crippen LogP contribution >= 0.6 is 0 Å². The molecule has 0 heterocycles. The van der Waals surface area contributed by atoms with Crippen LogP contribution < -0.4 is 10.4 Å². The number of benzene rings is 3. The standard InChI is InChI=1S/C29H35.C13H10.Zr/c1-6-11-24-26(12-7-2)29(5,17-8-3)28(21-13-9-10-14-21)25-19-22-18-20(4)15-16-23(22)27(24)25;1-3-7-12(8-4-1)11-13-9-5-2-6-10-13;/h9-10,13,15-16,18H,6-8,11-12,14,17H2,1-5H3;1-10H;. The predicted molar refractivity (Wildman–Crippen MR) is 182 cm³/mol. The molecule has 43 heavy (non-hydrogen) atoms. The van der Waals surface area contributed by atoms with E-state index < -0.39 is 22.8 Å². The number of hydrogen-bond donors (Lipinski definition) is 0. The monoisotopic (exact) mass is 639 g/mol. The summed E-state index contributed by atoms with van der Waals surface area (Å²) in [6, 6.07) is 29.9. The third kappa shape index (κ3) is 5.48. The van der Waals surface area contributed by atoms with E-state index in [1.54, 1.807) is 39.9 Å². The molecule has 0 aromatic heterocycles. The van der Waals surface area contributed by atoms with Gasteiger partial charge in [0.2, 0.25) is 0 Å². The topological polar surface area (TPSA) is 0 Å². The van der Waals surface area contributed by atoms with E-state index in [0.29, 0.717) is 0 Å². The van der Waals surface area contributed by atoms with Crippen LogP contribution in [-0.4, -0.2) is 3.21 Å². The third-order valence-corrected chi connectivity index (χ3v) is 13.5. The molecule has 0 spiro atoms. The van der Waals surface area contributed by atoms with Crippen LogP contribution in [-0.2, 0) is 22.8 Å². The first-order chi connectivity index (χ1) is 21.0. The zero-order valence-corrected chi connectivity index (χ0v) is 29.1. The van der Waals surface area contributed by atoms with Gasteiger partial charge in [-0.15, -0.1) is 0 Å². The Morgan fingerprint density at radius 3 is 2.02 bits per heavy atom. The van der Waals surface area contributed by atoms with E-state index in [2.05, 4.69) is 132 Å². The molecule has 0 bridgehead atoms. The fraction of sp³-hybridized carbons (Fsp3) is 0.310. The zero-order valence-electron chi connectivity index (χ0n) is 26.7. The van der Waals surface area contributed by atoms with Crippen molar-refractivity contribution in [1.82, 2.24) is 0 Å². The Hall–Kier alpha value is -2.89. The Bertz CT molecular complexity index is 1770. The van der Waals surface area contributed by atoms with Gasteiger partial charge in [-0.2, -0.15) is 0 Å². The van der Waals surface area contributed by atoms with Crippen molar-refractivity contribution >= 4 is 12.1 Å². The van der Waals surface area contributed by atoms with Gasteiger partial charge in [-0.1, -0.05) is 0 Å². The van der Waals surface area contributed by atoms with Crippen molar-refractivity contribution in [2.24, 2.45) is 5.41 Å². The molecule has 3 aliphatic carbocycles. The molecule has 0 saturated heterocycles. The molecule has 1 atom stereocenters. The van der Waals surface area contributed by atoms with Crippen molar-refractivity contribution in [3.63, 3.8) is 0 Å². The number of rotatable bonds is 10. The summed E-state index contributed by atoms with van der Waals surface area (Å²) in [4.78, 5) is 0. The molecule has 0 fully saturated rings. The summed E-state index contributed by atoms with van der Waals surface area (Å²) in [6.45, 7) is 12.0.